The van der Waals surface area contributed by atoms with Crippen molar-refractivity contribution in [3.63, 3.8) is 0 Å². The van der Waals surface area contributed by atoms with Gasteiger partial charge >= 0.3 is 0 Å². The number of hydrogen-bond acceptors (Lipinski definition) is 4. The Hall–Kier alpha value is -1.32. The first-order chi connectivity index (χ1) is 12.6. The van der Waals surface area contributed by atoms with Gasteiger partial charge in [-0.1, -0.05) is 20.8 Å². The molecule has 0 aliphatic heterocycles. The number of carbonyl (C=O) groups excluding carboxylic acids is 4. The lowest BCUT2D eigenvalue weighted by Crippen LogP contribution is -2.57. The molecule has 3 saturated carbocycles. The fourth-order valence-corrected chi connectivity index (χ4v) is 7.39. The summed E-state index contributed by atoms with van der Waals surface area (Å²) in [6.45, 7) is 9.37. The van der Waals surface area contributed by atoms with Crippen molar-refractivity contribution in [3.05, 3.63) is 0 Å². The van der Waals surface area contributed by atoms with E-state index in [1.165, 1.54) is 0 Å². The van der Waals surface area contributed by atoms with Crippen molar-refractivity contribution >= 4 is 23.6 Å². The van der Waals surface area contributed by atoms with Crippen molar-refractivity contribution < 1.29 is 19.2 Å². The average Bonchev–Trinajstić information content (AvgIpc) is 2.94. The van der Waals surface area contributed by atoms with Crippen LogP contribution in [0, 0.1) is 46.3 Å². The van der Waals surface area contributed by atoms with Crippen LogP contribution in [0.4, 0.5) is 0 Å². The number of rotatable bonds is 5. The molecule has 150 valence electrons. The molecule has 0 heterocycles. The predicted molar refractivity (Wildman–Crippen MR) is 103 cm³/mol. The smallest absolute Gasteiger partial charge is 0.139 e. The maximum absolute atomic E-state index is 13.1. The number of fused-ring (bicyclic) bond motifs is 3. The van der Waals surface area contributed by atoms with E-state index in [1.807, 2.05) is 13.8 Å². The first-order valence-corrected chi connectivity index (χ1v) is 10.6. The molecule has 0 radical (unpaired) electrons. The molecule has 0 aromatic rings. The van der Waals surface area contributed by atoms with Crippen LogP contribution >= 0.6 is 0 Å². The molecule has 4 heteroatoms. The second-order valence-corrected chi connectivity index (χ2v) is 10.1. The Morgan fingerprint density at radius 1 is 1.19 bits per heavy atom. The fraction of sp³-hybridized carbons (Fsp3) is 0.826. The molecule has 0 aromatic carbocycles. The fourth-order valence-electron chi connectivity index (χ4n) is 7.39. The van der Waals surface area contributed by atoms with E-state index in [-0.39, 0.29) is 46.4 Å². The summed E-state index contributed by atoms with van der Waals surface area (Å²) in [6, 6.07) is 0. The molecule has 0 saturated heterocycles. The quantitative estimate of drug-likeness (QED) is 0.681. The number of ketones is 3. The molecule has 8 atom stereocenters. The van der Waals surface area contributed by atoms with Gasteiger partial charge in [0, 0.05) is 29.6 Å². The minimum absolute atomic E-state index is 0.00170. The third-order valence-corrected chi connectivity index (χ3v) is 8.69. The second-order valence-electron chi connectivity index (χ2n) is 10.1. The summed E-state index contributed by atoms with van der Waals surface area (Å²) in [4.78, 5) is 49.4. The molecule has 0 bridgehead atoms. The zero-order valence-electron chi connectivity index (χ0n) is 17.4. The van der Waals surface area contributed by atoms with Crippen LogP contribution in [0.25, 0.3) is 0 Å². The highest BCUT2D eigenvalue weighted by Crippen LogP contribution is 2.66. The van der Waals surface area contributed by atoms with Crippen LogP contribution in [0.2, 0.25) is 0 Å². The molecule has 3 rings (SSSR count). The maximum atomic E-state index is 13.1. The lowest BCUT2D eigenvalue weighted by molar-refractivity contribution is -0.159. The normalized spacial score (nSPS) is 44.9. The standard InChI is InChI=1S/C23H34O4/c1-13(14(2)25)10-23(5)20(27)9-6-17-19-8-7-18(15(3)26)22(19,4)11-16(12-24)21(17)23/h12-13,16-19,21H,6-11H2,1-5H3/t13?,16?,17-,18+,19-,21-,22+,23-/m0/s1. The molecule has 2 unspecified atom stereocenters. The van der Waals surface area contributed by atoms with Crippen LogP contribution in [-0.2, 0) is 19.2 Å². The molecular formula is C23H34O4. The van der Waals surface area contributed by atoms with Gasteiger partial charge in [-0.05, 0) is 69.1 Å². The zero-order valence-corrected chi connectivity index (χ0v) is 17.4. The van der Waals surface area contributed by atoms with Crippen molar-refractivity contribution in [2.24, 2.45) is 46.3 Å². The molecule has 0 N–H and O–H groups in total. The van der Waals surface area contributed by atoms with Gasteiger partial charge in [-0.2, -0.15) is 0 Å². The van der Waals surface area contributed by atoms with E-state index >= 15 is 0 Å². The van der Waals surface area contributed by atoms with Crippen molar-refractivity contribution in [2.75, 3.05) is 0 Å². The molecular weight excluding hydrogens is 340 g/mol. The maximum Gasteiger partial charge on any atom is 0.139 e. The van der Waals surface area contributed by atoms with Gasteiger partial charge in [-0.3, -0.25) is 14.4 Å². The minimum atomic E-state index is -0.616. The number of aldehydes is 1. The van der Waals surface area contributed by atoms with E-state index in [0.29, 0.717) is 31.1 Å². The van der Waals surface area contributed by atoms with E-state index < -0.39 is 5.41 Å². The van der Waals surface area contributed by atoms with E-state index in [0.717, 1.165) is 25.5 Å². The summed E-state index contributed by atoms with van der Waals surface area (Å²) < 4.78 is 0. The van der Waals surface area contributed by atoms with Gasteiger partial charge in [0.1, 0.15) is 23.6 Å². The van der Waals surface area contributed by atoms with Gasteiger partial charge in [0.2, 0.25) is 0 Å². The summed E-state index contributed by atoms with van der Waals surface area (Å²) in [5.41, 5.74) is -0.749. The Morgan fingerprint density at radius 3 is 2.41 bits per heavy atom. The second kappa shape index (κ2) is 6.93. The summed E-state index contributed by atoms with van der Waals surface area (Å²) >= 11 is 0. The zero-order chi connectivity index (χ0) is 20.1. The highest BCUT2D eigenvalue weighted by molar-refractivity contribution is 5.87. The van der Waals surface area contributed by atoms with E-state index in [4.69, 9.17) is 0 Å². The summed E-state index contributed by atoms with van der Waals surface area (Å²) in [5, 5.41) is 0. The van der Waals surface area contributed by atoms with Gasteiger partial charge in [-0.25, -0.2) is 0 Å². The third kappa shape index (κ3) is 3.03. The Kier molecular flexibility index (Phi) is 5.24. The lowest BCUT2D eigenvalue weighted by Gasteiger charge is -2.58. The predicted octanol–water partition coefficient (Wildman–Crippen LogP) is 4.04. The number of Topliss-reactive ketones (excluding diaryl/α,β-unsaturated/α-hetero) is 3. The van der Waals surface area contributed by atoms with Crippen LogP contribution in [0.3, 0.4) is 0 Å². The molecule has 27 heavy (non-hydrogen) atoms. The Labute approximate surface area is 162 Å². The van der Waals surface area contributed by atoms with Crippen LogP contribution < -0.4 is 0 Å². The molecule has 0 spiro atoms. The first kappa shape index (κ1) is 20.4. The van der Waals surface area contributed by atoms with Gasteiger partial charge < -0.3 is 4.79 Å². The lowest BCUT2D eigenvalue weighted by atomic mass is 9.45. The monoisotopic (exact) mass is 374 g/mol. The minimum Gasteiger partial charge on any atom is -0.303 e. The summed E-state index contributed by atoms with van der Waals surface area (Å²) in [5.74, 6) is 0.908. The summed E-state index contributed by atoms with van der Waals surface area (Å²) in [7, 11) is 0. The highest BCUT2D eigenvalue weighted by atomic mass is 16.1. The van der Waals surface area contributed by atoms with Crippen molar-refractivity contribution in [1.29, 1.82) is 0 Å². The van der Waals surface area contributed by atoms with Gasteiger partial charge in [0.05, 0.1) is 0 Å². The molecule has 4 nitrogen and oxygen atoms in total. The van der Waals surface area contributed by atoms with Crippen LogP contribution in [0.1, 0.15) is 73.1 Å². The molecule has 3 aliphatic rings. The van der Waals surface area contributed by atoms with E-state index in [9.17, 15) is 19.2 Å². The Balaban J connectivity index is 2.01. The van der Waals surface area contributed by atoms with E-state index in [1.54, 1.807) is 13.8 Å². The third-order valence-electron chi connectivity index (χ3n) is 8.69. The average molecular weight is 375 g/mol. The van der Waals surface area contributed by atoms with Gasteiger partial charge in [-0.15, -0.1) is 0 Å². The number of hydrogen-bond donors (Lipinski definition) is 0. The van der Waals surface area contributed by atoms with Crippen LogP contribution in [0.5, 0.6) is 0 Å². The van der Waals surface area contributed by atoms with Crippen LogP contribution in [0.15, 0.2) is 0 Å². The van der Waals surface area contributed by atoms with Crippen molar-refractivity contribution in [1.82, 2.24) is 0 Å². The van der Waals surface area contributed by atoms with Crippen molar-refractivity contribution in [3.8, 4) is 0 Å². The largest absolute Gasteiger partial charge is 0.303 e. The van der Waals surface area contributed by atoms with Gasteiger partial charge in [0.15, 0.2) is 0 Å². The molecule has 0 aromatic heterocycles. The SMILES string of the molecule is CC(=O)C(C)C[C@@]1(C)C(=O)CC[C@H]2[C@@H]3CC[C@H](C(C)=O)[C@@]3(C)CC(C=O)[C@@H]21. The first-order valence-electron chi connectivity index (χ1n) is 10.6. The Morgan fingerprint density at radius 2 is 1.85 bits per heavy atom. The molecule has 0 amide bonds. The topological polar surface area (TPSA) is 68.3 Å². The molecule has 3 aliphatic carbocycles. The van der Waals surface area contributed by atoms with Crippen LogP contribution in [-0.4, -0.2) is 23.6 Å². The summed E-state index contributed by atoms with van der Waals surface area (Å²) in [6.07, 6.45) is 5.55. The highest BCUT2D eigenvalue weighted by Gasteiger charge is 2.63. The number of carbonyl (C=O) groups is 4. The van der Waals surface area contributed by atoms with E-state index in [2.05, 4.69) is 6.92 Å². The van der Waals surface area contributed by atoms with Gasteiger partial charge in [0.25, 0.3) is 0 Å². The molecule has 3 fully saturated rings. The Bertz CT molecular complexity index is 667. The van der Waals surface area contributed by atoms with Crippen molar-refractivity contribution in [2.45, 2.75) is 73.1 Å².